The monoisotopic (exact) mass is 270 g/mol. The van der Waals surface area contributed by atoms with Gasteiger partial charge in [-0.15, -0.1) is 0 Å². The number of ether oxygens (including phenoxy) is 1. The number of hydrogen-bond donors (Lipinski definition) is 1. The zero-order chi connectivity index (χ0) is 14.1. The first kappa shape index (κ1) is 16.9. The standard InChI is InChI=1S/C16H34N2O/c1-5-17-13-16(9-7-15(3)8-10-16)14-18(4)11-12-19-6-2/h15,17H,5-14H2,1-4H3. The van der Waals surface area contributed by atoms with E-state index in [4.69, 9.17) is 4.74 Å². The third kappa shape index (κ3) is 6.24. The third-order valence-electron chi connectivity index (χ3n) is 4.51. The fourth-order valence-corrected chi connectivity index (χ4v) is 3.17. The predicted molar refractivity (Wildman–Crippen MR) is 82.6 cm³/mol. The van der Waals surface area contributed by atoms with Crippen LogP contribution in [0.3, 0.4) is 0 Å². The van der Waals surface area contributed by atoms with Crippen molar-refractivity contribution in [2.24, 2.45) is 11.3 Å². The molecular formula is C16H34N2O. The molecule has 0 saturated heterocycles. The number of hydrogen-bond acceptors (Lipinski definition) is 3. The molecule has 1 N–H and O–H groups in total. The maximum atomic E-state index is 5.47. The van der Waals surface area contributed by atoms with E-state index in [0.717, 1.165) is 32.2 Å². The van der Waals surface area contributed by atoms with E-state index >= 15 is 0 Å². The molecule has 0 aromatic carbocycles. The van der Waals surface area contributed by atoms with Crippen LogP contribution >= 0.6 is 0 Å². The highest BCUT2D eigenvalue weighted by Gasteiger charge is 2.34. The molecule has 1 rings (SSSR count). The van der Waals surface area contributed by atoms with E-state index < -0.39 is 0 Å². The van der Waals surface area contributed by atoms with Crippen LogP contribution in [0.4, 0.5) is 0 Å². The Morgan fingerprint density at radius 3 is 2.53 bits per heavy atom. The molecule has 19 heavy (non-hydrogen) atoms. The van der Waals surface area contributed by atoms with Crippen molar-refractivity contribution >= 4 is 0 Å². The molecule has 3 nitrogen and oxygen atoms in total. The molecule has 3 heteroatoms. The van der Waals surface area contributed by atoms with Crippen molar-refractivity contribution < 1.29 is 4.74 Å². The molecule has 0 heterocycles. The molecule has 0 aromatic heterocycles. The number of nitrogens with one attached hydrogen (secondary N) is 1. The lowest BCUT2D eigenvalue weighted by Crippen LogP contribution is -2.45. The molecule has 0 aromatic rings. The smallest absolute Gasteiger partial charge is 0.0593 e. The maximum Gasteiger partial charge on any atom is 0.0593 e. The lowest BCUT2D eigenvalue weighted by Gasteiger charge is -2.42. The van der Waals surface area contributed by atoms with Gasteiger partial charge in [-0.05, 0) is 44.7 Å². The highest BCUT2D eigenvalue weighted by Crippen LogP contribution is 2.38. The van der Waals surface area contributed by atoms with Crippen molar-refractivity contribution in [2.45, 2.75) is 46.5 Å². The van der Waals surface area contributed by atoms with E-state index in [0.29, 0.717) is 5.41 Å². The summed E-state index contributed by atoms with van der Waals surface area (Å²) in [6.07, 6.45) is 5.54. The summed E-state index contributed by atoms with van der Waals surface area (Å²) in [6, 6.07) is 0. The molecule has 1 aliphatic carbocycles. The minimum atomic E-state index is 0.490. The second-order valence-corrected chi connectivity index (χ2v) is 6.40. The number of likely N-dealkylation sites (N-methyl/N-ethyl adjacent to an activating group) is 1. The average Bonchev–Trinajstić information content (AvgIpc) is 2.40. The van der Waals surface area contributed by atoms with E-state index in [9.17, 15) is 0 Å². The highest BCUT2D eigenvalue weighted by molar-refractivity contribution is 4.88. The van der Waals surface area contributed by atoms with Gasteiger partial charge in [0.2, 0.25) is 0 Å². The van der Waals surface area contributed by atoms with Gasteiger partial charge in [0.05, 0.1) is 6.61 Å². The van der Waals surface area contributed by atoms with Crippen molar-refractivity contribution in [2.75, 3.05) is 46.4 Å². The predicted octanol–water partition coefficient (Wildman–Crippen LogP) is 2.76. The van der Waals surface area contributed by atoms with E-state index in [-0.39, 0.29) is 0 Å². The molecule has 114 valence electrons. The molecule has 0 amide bonds. The van der Waals surface area contributed by atoms with Gasteiger partial charge < -0.3 is 15.0 Å². The third-order valence-corrected chi connectivity index (χ3v) is 4.51. The Morgan fingerprint density at radius 1 is 1.26 bits per heavy atom. The molecule has 0 unspecified atom stereocenters. The lowest BCUT2D eigenvalue weighted by atomic mass is 9.70. The van der Waals surface area contributed by atoms with Crippen LogP contribution in [0, 0.1) is 11.3 Å². The fraction of sp³-hybridized carbons (Fsp3) is 1.00. The summed E-state index contributed by atoms with van der Waals surface area (Å²) < 4.78 is 5.47. The van der Waals surface area contributed by atoms with Gasteiger partial charge in [-0.25, -0.2) is 0 Å². The summed E-state index contributed by atoms with van der Waals surface area (Å²) in [7, 11) is 2.24. The van der Waals surface area contributed by atoms with E-state index in [1.807, 2.05) is 0 Å². The van der Waals surface area contributed by atoms with Crippen molar-refractivity contribution in [3.8, 4) is 0 Å². The zero-order valence-electron chi connectivity index (χ0n) is 13.5. The Bertz CT molecular complexity index is 219. The van der Waals surface area contributed by atoms with Crippen LogP contribution in [-0.4, -0.2) is 51.3 Å². The van der Waals surface area contributed by atoms with E-state index in [1.165, 1.54) is 38.8 Å². The van der Waals surface area contributed by atoms with Gasteiger partial charge >= 0.3 is 0 Å². The minimum absolute atomic E-state index is 0.490. The van der Waals surface area contributed by atoms with Crippen molar-refractivity contribution in [3.05, 3.63) is 0 Å². The van der Waals surface area contributed by atoms with Crippen LogP contribution in [-0.2, 0) is 4.74 Å². The van der Waals surface area contributed by atoms with Gasteiger partial charge in [0.1, 0.15) is 0 Å². The van der Waals surface area contributed by atoms with Crippen LogP contribution in [0.5, 0.6) is 0 Å². The van der Waals surface area contributed by atoms with E-state index in [1.54, 1.807) is 0 Å². The second kappa shape index (κ2) is 8.93. The first-order valence-corrected chi connectivity index (χ1v) is 8.09. The normalized spacial score (nSPS) is 27.9. The summed E-state index contributed by atoms with van der Waals surface area (Å²) in [5.41, 5.74) is 0.490. The lowest BCUT2D eigenvalue weighted by molar-refractivity contribution is 0.0726. The maximum absolute atomic E-state index is 5.47. The van der Waals surface area contributed by atoms with Crippen LogP contribution in [0.15, 0.2) is 0 Å². The van der Waals surface area contributed by atoms with Crippen LogP contribution in [0.2, 0.25) is 0 Å². The molecule has 1 fully saturated rings. The average molecular weight is 270 g/mol. The van der Waals surface area contributed by atoms with Gasteiger partial charge in [0.25, 0.3) is 0 Å². The Kier molecular flexibility index (Phi) is 7.96. The first-order valence-electron chi connectivity index (χ1n) is 8.09. The minimum Gasteiger partial charge on any atom is -0.380 e. The summed E-state index contributed by atoms with van der Waals surface area (Å²) in [5, 5.41) is 3.59. The van der Waals surface area contributed by atoms with Crippen molar-refractivity contribution in [3.63, 3.8) is 0 Å². The van der Waals surface area contributed by atoms with Crippen molar-refractivity contribution in [1.82, 2.24) is 10.2 Å². The molecular weight excluding hydrogens is 236 g/mol. The Morgan fingerprint density at radius 2 is 1.95 bits per heavy atom. The largest absolute Gasteiger partial charge is 0.380 e. The molecule has 1 aliphatic rings. The van der Waals surface area contributed by atoms with E-state index in [2.05, 4.69) is 38.0 Å². The molecule has 0 bridgehead atoms. The Labute approximate surface area is 120 Å². The van der Waals surface area contributed by atoms with Gasteiger partial charge in [0.15, 0.2) is 0 Å². The van der Waals surface area contributed by atoms with Gasteiger partial charge in [0, 0.05) is 26.2 Å². The molecule has 0 atom stereocenters. The van der Waals surface area contributed by atoms with Crippen LogP contribution < -0.4 is 5.32 Å². The number of rotatable bonds is 9. The van der Waals surface area contributed by atoms with Gasteiger partial charge in [-0.2, -0.15) is 0 Å². The zero-order valence-corrected chi connectivity index (χ0v) is 13.5. The molecule has 0 radical (unpaired) electrons. The van der Waals surface area contributed by atoms with Crippen LogP contribution in [0.25, 0.3) is 0 Å². The number of nitrogens with zero attached hydrogens (tertiary/aromatic N) is 1. The summed E-state index contributed by atoms with van der Waals surface area (Å²) in [5.74, 6) is 0.920. The fourth-order valence-electron chi connectivity index (χ4n) is 3.17. The van der Waals surface area contributed by atoms with Crippen molar-refractivity contribution in [1.29, 1.82) is 0 Å². The Hall–Kier alpha value is -0.120. The highest BCUT2D eigenvalue weighted by atomic mass is 16.5. The van der Waals surface area contributed by atoms with Gasteiger partial charge in [-0.3, -0.25) is 0 Å². The summed E-state index contributed by atoms with van der Waals surface area (Å²) in [6.45, 7) is 12.9. The molecule has 0 aliphatic heterocycles. The SMILES string of the molecule is CCNCC1(CN(C)CCOCC)CCC(C)CC1. The summed E-state index contributed by atoms with van der Waals surface area (Å²) >= 11 is 0. The Balaban J connectivity index is 2.44. The quantitative estimate of drug-likeness (QED) is 0.652. The molecule has 0 spiro atoms. The topological polar surface area (TPSA) is 24.5 Å². The van der Waals surface area contributed by atoms with Crippen LogP contribution in [0.1, 0.15) is 46.5 Å². The van der Waals surface area contributed by atoms with Gasteiger partial charge in [-0.1, -0.05) is 26.7 Å². The first-order chi connectivity index (χ1) is 9.12. The second-order valence-electron chi connectivity index (χ2n) is 6.40. The summed E-state index contributed by atoms with van der Waals surface area (Å²) in [4.78, 5) is 2.46. The molecule has 1 saturated carbocycles.